The highest BCUT2D eigenvalue weighted by Gasteiger charge is 2.17. The first-order valence-electron chi connectivity index (χ1n) is 8.19. The maximum atomic E-state index is 13.6. The van der Waals surface area contributed by atoms with Crippen LogP contribution in [0.4, 0.5) is 10.1 Å². The SMILES string of the molecule is O=C(NCC1CCCO1)c1cccc(C(=O)Nc2ccccc2F)c1. The number of hydrogen-bond acceptors (Lipinski definition) is 3. The summed E-state index contributed by atoms with van der Waals surface area (Å²) in [6.45, 7) is 1.18. The second-order valence-electron chi connectivity index (χ2n) is 5.86. The predicted octanol–water partition coefficient (Wildman–Crippen LogP) is 2.99. The van der Waals surface area contributed by atoms with Crippen LogP contribution in [-0.4, -0.2) is 31.1 Å². The maximum absolute atomic E-state index is 13.6. The minimum absolute atomic E-state index is 0.0523. The fourth-order valence-corrected chi connectivity index (χ4v) is 2.67. The smallest absolute Gasteiger partial charge is 0.255 e. The molecule has 2 aromatic rings. The summed E-state index contributed by atoms with van der Waals surface area (Å²) in [5.41, 5.74) is 0.757. The van der Waals surface area contributed by atoms with E-state index in [2.05, 4.69) is 10.6 Å². The molecule has 1 fully saturated rings. The lowest BCUT2D eigenvalue weighted by molar-refractivity contribution is 0.0858. The minimum Gasteiger partial charge on any atom is -0.376 e. The van der Waals surface area contributed by atoms with Crippen LogP contribution in [0.25, 0.3) is 0 Å². The Morgan fingerprint density at radius 1 is 1.08 bits per heavy atom. The quantitative estimate of drug-likeness (QED) is 0.878. The Balaban J connectivity index is 1.64. The van der Waals surface area contributed by atoms with Gasteiger partial charge in [0.05, 0.1) is 11.8 Å². The van der Waals surface area contributed by atoms with Crippen molar-refractivity contribution in [3.63, 3.8) is 0 Å². The van der Waals surface area contributed by atoms with Crippen LogP contribution in [0.5, 0.6) is 0 Å². The third kappa shape index (κ3) is 4.42. The largest absolute Gasteiger partial charge is 0.376 e. The molecule has 0 radical (unpaired) electrons. The molecule has 1 saturated heterocycles. The number of para-hydroxylation sites is 1. The van der Waals surface area contributed by atoms with E-state index in [1.54, 1.807) is 30.3 Å². The molecule has 2 aromatic carbocycles. The molecule has 1 heterocycles. The molecule has 3 rings (SSSR count). The van der Waals surface area contributed by atoms with E-state index in [1.807, 2.05) is 0 Å². The molecule has 1 unspecified atom stereocenters. The van der Waals surface area contributed by atoms with Gasteiger partial charge in [0.2, 0.25) is 0 Å². The average Bonchev–Trinajstić information content (AvgIpc) is 3.15. The number of carbonyl (C=O) groups excluding carboxylic acids is 2. The molecule has 25 heavy (non-hydrogen) atoms. The first-order valence-corrected chi connectivity index (χ1v) is 8.19. The molecule has 5 nitrogen and oxygen atoms in total. The van der Waals surface area contributed by atoms with E-state index < -0.39 is 11.7 Å². The van der Waals surface area contributed by atoms with E-state index in [1.165, 1.54) is 18.2 Å². The van der Waals surface area contributed by atoms with Gasteiger partial charge in [-0.05, 0) is 43.2 Å². The maximum Gasteiger partial charge on any atom is 0.255 e. The molecule has 0 saturated carbocycles. The van der Waals surface area contributed by atoms with Crippen LogP contribution in [0.15, 0.2) is 48.5 Å². The number of benzene rings is 2. The van der Waals surface area contributed by atoms with E-state index in [4.69, 9.17) is 4.74 Å². The number of halogens is 1. The second-order valence-corrected chi connectivity index (χ2v) is 5.86. The van der Waals surface area contributed by atoms with Gasteiger partial charge >= 0.3 is 0 Å². The van der Waals surface area contributed by atoms with Crippen molar-refractivity contribution in [2.75, 3.05) is 18.5 Å². The van der Waals surface area contributed by atoms with Crippen LogP contribution in [0.3, 0.4) is 0 Å². The molecule has 1 aliphatic rings. The van der Waals surface area contributed by atoms with Crippen molar-refractivity contribution in [2.45, 2.75) is 18.9 Å². The summed E-state index contributed by atoms with van der Waals surface area (Å²) >= 11 is 0. The van der Waals surface area contributed by atoms with Gasteiger partial charge in [-0.25, -0.2) is 4.39 Å². The molecule has 6 heteroatoms. The van der Waals surface area contributed by atoms with Crippen molar-refractivity contribution in [1.29, 1.82) is 0 Å². The Morgan fingerprint density at radius 2 is 1.84 bits per heavy atom. The monoisotopic (exact) mass is 342 g/mol. The molecule has 1 aliphatic heterocycles. The molecular formula is C19H19FN2O3. The van der Waals surface area contributed by atoms with E-state index in [-0.39, 0.29) is 23.3 Å². The fraction of sp³-hybridized carbons (Fsp3) is 0.263. The van der Waals surface area contributed by atoms with Gasteiger partial charge in [0.15, 0.2) is 0 Å². The Labute approximate surface area is 145 Å². The lowest BCUT2D eigenvalue weighted by Gasteiger charge is -2.11. The molecule has 2 N–H and O–H groups in total. The third-order valence-electron chi connectivity index (χ3n) is 4.02. The highest BCUT2D eigenvalue weighted by molar-refractivity contribution is 6.06. The van der Waals surface area contributed by atoms with Gasteiger partial charge < -0.3 is 15.4 Å². The Hall–Kier alpha value is -2.73. The number of amides is 2. The number of hydrogen-bond donors (Lipinski definition) is 2. The van der Waals surface area contributed by atoms with Crippen molar-refractivity contribution >= 4 is 17.5 Å². The second kappa shape index (κ2) is 7.90. The summed E-state index contributed by atoms with van der Waals surface area (Å²) in [5, 5.41) is 5.31. The van der Waals surface area contributed by atoms with Crippen LogP contribution >= 0.6 is 0 Å². The molecule has 0 aliphatic carbocycles. The van der Waals surface area contributed by atoms with E-state index >= 15 is 0 Å². The zero-order valence-corrected chi connectivity index (χ0v) is 13.6. The van der Waals surface area contributed by atoms with Gasteiger partial charge in [0, 0.05) is 24.3 Å². The van der Waals surface area contributed by atoms with Gasteiger partial charge in [0.1, 0.15) is 5.82 Å². The van der Waals surface area contributed by atoms with Crippen LogP contribution in [0.2, 0.25) is 0 Å². The number of anilines is 1. The molecule has 130 valence electrons. The van der Waals surface area contributed by atoms with Gasteiger partial charge in [0.25, 0.3) is 11.8 Å². The van der Waals surface area contributed by atoms with Crippen molar-refractivity contribution in [2.24, 2.45) is 0 Å². The summed E-state index contributed by atoms with van der Waals surface area (Å²) in [6.07, 6.45) is 1.99. The van der Waals surface area contributed by atoms with Gasteiger partial charge in [-0.3, -0.25) is 9.59 Å². The summed E-state index contributed by atoms with van der Waals surface area (Å²) in [5.74, 6) is -1.25. The van der Waals surface area contributed by atoms with Gasteiger partial charge in [-0.2, -0.15) is 0 Å². The van der Waals surface area contributed by atoms with Crippen molar-refractivity contribution < 1.29 is 18.7 Å². The summed E-state index contributed by atoms with van der Waals surface area (Å²) in [7, 11) is 0. The standard InChI is InChI=1S/C19H19FN2O3/c20-16-8-1-2-9-17(16)22-19(24)14-6-3-5-13(11-14)18(23)21-12-15-7-4-10-25-15/h1-3,5-6,8-9,11,15H,4,7,10,12H2,(H,21,23)(H,22,24). The van der Waals surface area contributed by atoms with Crippen molar-refractivity contribution in [1.82, 2.24) is 5.32 Å². The minimum atomic E-state index is -0.513. The first-order chi connectivity index (χ1) is 12.1. The molecular weight excluding hydrogens is 323 g/mol. The number of nitrogens with one attached hydrogen (secondary N) is 2. The van der Waals surface area contributed by atoms with Crippen molar-refractivity contribution in [3.8, 4) is 0 Å². The predicted molar refractivity (Wildman–Crippen MR) is 92.1 cm³/mol. The third-order valence-corrected chi connectivity index (χ3v) is 4.02. The molecule has 0 spiro atoms. The first kappa shape index (κ1) is 17.1. The highest BCUT2D eigenvalue weighted by Crippen LogP contribution is 2.15. The van der Waals surface area contributed by atoms with E-state index in [0.717, 1.165) is 19.4 Å². The van der Waals surface area contributed by atoms with Gasteiger partial charge in [-0.1, -0.05) is 18.2 Å². The summed E-state index contributed by atoms with van der Waals surface area (Å²) in [6, 6.07) is 12.2. The van der Waals surface area contributed by atoms with Crippen LogP contribution in [0.1, 0.15) is 33.6 Å². The number of rotatable bonds is 5. The molecule has 0 bridgehead atoms. The van der Waals surface area contributed by atoms with E-state index in [0.29, 0.717) is 12.1 Å². The van der Waals surface area contributed by atoms with Crippen molar-refractivity contribution in [3.05, 3.63) is 65.5 Å². The highest BCUT2D eigenvalue weighted by atomic mass is 19.1. The average molecular weight is 342 g/mol. The fourth-order valence-electron chi connectivity index (χ4n) is 2.67. The summed E-state index contributed by atoms with van der Waals surface area (Å²) in [4.78, 5) is 24.5. The normalized spacial score (nSPS) is 16.4. The number of carbonyl (C=O) groups is 2. The Morgan fingerprint density at radius 3 is 2.56 bits per heavy atom. The van der Waals surface area contributed by atoms with Crippen LogP contribution < -0.4 is 10.6 Å². The zero-order valence-electron chi connectivity index (χ0n) is 13.6. The zero-order chi connectivity index (χ0) is 17.6. The van der Waals surface area contributed by atoms with Crippen LogP contribution in [0, 0.1) is 5.82 Å². The molecule has 2 amide bonds. The Bertz CT molecular complexity index is 773. The van der Waals surface area contributed by atoms with Crippen LogP contribution in [-0.2, 0) is 4.74 Å². The molecule has 1 atom stereocenters. The Kier molecular flexibility index (Phi) is 5.40. The lowest BCUT2D eigenvalue weighted by Crippen LogP contribution is -2.31. The lowest BCUT2D eigenvalue weighted by atomic mass is 10.1. The molecule has 0 aromatic heterocycles. The summed E-state index contributed by atoms with van der Waals surface area (Å²) < 4.78 is 19.1. The topological polar surface area (TPSA) is 67.4 Å². The van der Waals surface area contributed by atoms with Gasteiger partial charge in [-0.15, -0.1) is 0 Å². The number of ether oxygens (including phenoxy) is 1. The van der Waals surface area contributed by atoms with E-state index in [9.17, 15) is 14.0 Å².